The lowest BCUT2D eigenvalue weighted by atomic mass is 9.99. The number of carbonyl (C=O) groups is 1. The summed E-state index contributed by atoms with van der Waals surface area (Å²) in [5.41, 5.74) is -0.733. The molecule has 1 fully saturated rings. The molecule has 10 heteroatoms. The van der Waals surface area contributed by atoms with Crippen molar-refractivity contribution in [2.24, 2.45) is 0 Å². The molecule has 2 aliphatic heterocycles. The lowest BCUT2D eigenvalue weighted by Gasteiger charge is -2.30. The zero-order chi connectivity index (χ0) is 16.1. The van der Waals surface area contributed by atoms with Crippen molar-refractivity contribution < 1.29 is 31.5 Å². The third-order valence-corrected chi connectivity index (χ3v) is 3.71. The van der Waals surface area contributed by atoms with Crippen LogP contribution in [0.4, 0.5) is 22.0 Å². The molecular formula is C13H12ClF5N2O2. The van der Waals surface area contributed by atoms with Crippen LogP contribution in [0.5, 0.6) is 5.75 Å². The minimum absolute atomic E-state index is 0. The van der Waals surface area contributed by atoms with E-state index >= 15 is 0 Å². The molecule has 1 saturated heterocycles. The molecular weight excluding hydrogens is 347 g/mol. The van der Waals surface area contributed by atoms with Crippen molar-refractivity contribution in [1.29, 1.82) is 0 Å². The summed E-state index contributed by atoms with van der Waals surface area (Å²) in [7, 11) is 0. The molecule has 1 aromatic rings. The predicted molar refractivity (Wildman–Crippen MR) is 72.0 cm³/mol. The molecule has 2 heterocycles. The van der Waals surface area contributed by atoms with Crippen LogP contribution in [0.25, 0.3) is 0 Å². The van der Waals surface area contributed by atoms with Gasteiger partial charge in [-0.15, -0.1) is 25.6 Å². The summed E-state index contributed by atoms with van der Waals surface area (Å²) >= 11 is 0. The molecule has 1 atom stereocenters. The molecule has 0 radical (unpaired) electrons. The molecule has 128 valence electrons. The number of carbonyl (C=O) groups excluding carboxylic acids is 1. The lowest BCUT2D eigenvalue weighted by Crippen LogP contribution is -2.44. The van der Waals surface area contributed by atoms with Gasteiger partial charge in [-0.1, -0.05) is 0 Å². The number of amides is 1. The predicted octanol–water partition coefficient (Wildman–Crippen LogP) is 3.04. The Bertz CT molecular complexity index is 623. The third kappa shape index (κ3) is 3.20. The molecule has 0 bridgehead atoms. The minimum Gasteiger partial charge on any atom is -0.405 e. The number of fused-ring (bicyclic) bond motifs is 3. The van der Waals surface area contributed by atoms with Gasteiger partial charge in [0.15, 0.2) is 0 Å². The van der Waals surface area contributed by atoms with Crippen LogP contribution in [0.2, 0.25) is 0 Å². The van der Waals surface area contributed by atoms with E-state index in [9.17, 15) is 26.7 Å². The first kappa shape index (κ1) is 17.7. The van der Waals surface area contributed by atoms with E-state index in [1.165, 1.54) is 4.90 Å². The van der Waals surface area contributed by atoms with Crippen molar-refractivity contribution in [3.63, 3.8) is 0 Å². The average molecular weight is 359 g/mol. The Morgan fingerprint density at radius 2 is 2.00 bits per heavy atom. The van der Waals surface area contributed by atoms with Gasteiger partial charge in [0.2, 0.25) is 0 Å². The first-order valence-electron chi connectivity index (χ1n) is 6.51. The van der Waals surface area contributed by atoms with Crippen LogP contribution < -0.4 is 10.1 Å². The molecule has 2 aliphatic rings. The maximum Gasteiger partial charge on any atom is 0.573 e. The maximum absolute atomic E-state index is 12.9. The number of hydrogen-bond donors (Lipinski definition) is 1. The highest BCUT2D eigenvalue weighted by atomic mass is 35.5. The van der Waals surface area contributed by atoms with Crippen molar-refractivity contribution in [1.82, 2.24) is 10.2 Å². The normalized spacial score (nSPS) is 20.2. The Balaban J connectivity index is 0.00000192. The van der Waals surface area contributed by atoms with Gasteiger partial charge in [0.05, 0.1) is 11.6 Å². The highest BCUT2D eigenvalue weighted by Gasteiger charge is 2.43. The van der Waals surface area contributed by atoms with Crippen molar-refractivity contribution in [3.8, 4) is 5.75 Å². The first-order chi connectivity index (χ1) is 10.3. The second-order valence-corrected chi connectivity index (χ2v) is 5.05. The van der Waals surface area contributed by atoms with E-state index in [4.69, 9.17) is 0 Å². The molecule has 0 saturated carbocycles. The van der Waals surface area contributed by atoms with E-state index < -0.39 is 36.0 Å². The van der Waals surface area contributed by atoms with Gasteiger partial charge < -0.3 is 15.0 Å². The standard InChI is InChI=1S/C13H11F5N2O2.ClH/c14-11(15)6-3-7-8-5-19-1-2-20(8)12(21)10(7)9(4-6)22-13(16,17)18;/h3-4,8,11,19H,1-2,5H2;1H/t8-;/m0./s1. The number of halogens is 6. The minimum atomic E-state index is -5.06. The Morgan fingerprint density at radius 3 is 2.61 bits per heavy atom. The highest BCUT2D eigenvalue weighted by Crippen LogP contribution is 2.43. The Morgan fingerprint density at radius 1 is 1.30 bits per heavy atom. The van der Waals surface area contributed by atoms with Gasteiger partial charge in [-0.3, -0.25) is 4.79 Å². The number of alkyl halides is 5. The molecule has 1 amide bonds. The smallest absolute Gasteiger partial charge is 0.405 e. The van der Waals surface area contributed by atoms with E-state index in [-0.39, 0.29) is 23.5 Å². The van der Waals surface area contributed by atoms with E-state index in [0.29, 0.717) is 25.7 Å². The van der Waals surface area contributed by atoms with Gasteiger partial charge in [-0.2, -0.15) is 0 Å². The maximum atomic E-state index is 12.9. The number of benzene rings is 1. The number of piperazine rings is 1. The number of nitrogens with one attached hydrogen (secondary N) is 1. The number of rotatable bonds is 2. The summed E-state index contributed by atoms with van der Waals surface area (Å²) in [5.74, 6) is -1.48. The van der Waals surface area contributed by atoms with E-state index in [1.54, 1.807) is 0 Å². The van der Waals surface area contributed by atoms with Crippen LogP contribution in [-0.4, -0.2) is 36.8 Å². The van der Waals surface area contributed by atoms with Crippen LogP contribution in [0.15, 0.2) is 12.1 Å². The largest absolute Gasteiger partial charge is 0.573 e. The number of ether oxygens (including phenoxy) is 1. The quantitative estimate of drug-likeness (QED) is 0.826. The van der Waals surface area contributed by atoms with Gasteiger partial charge >= 0.3 is 6.36 Å². The zero-order valence-electron chi connectivity index (χ0n) is 11.5. The Kier molecular flexibility index (Phi) is 4.72. The van der Waals surface area contributed by atoms with Crippen molar-refractivity contribution in [3.05, 3.63) is 28.8 Å². The fourth-order valence-electron chi connectivity index (χ4n) is 2.85. The summed E-state index contributed by atoms with van der Waals surface area (Å²) in [4.78, 5) is 13.7. The van der Waals surface area contributed by atoms with E-state index in [2.05, 4.69) is 10.1 Å². The molecule has 0 aliphatic carbocycles. The topological polar surface area (TPSA) is 41.6 Å². The Labute approximate surface area is 134 Å². The SMILES string of the molecule is Cl.O=C1c2c(OC(F)(F)F)cc(C(F)F)cc2[C@@H]2CNCCN12. The number of nitrogens with zero attached hydrogens (tertiary/aromatic N) is 1. The molecule has 3 rings (SSSR count). The van der Waals surface area contributed by atoms with Crippen molar-refractivity contribution in [2.45, 2.75) is 18.8 Å². The fourth-order valence-corrected chi connectivity index (χ4v) is 2.85. The van der Waals surface area contributed by atoms with Crippen molar-refractivity contribution in [2.75, 3.05) is 19.6 Å². The molecule has 4 nitrogen and oxygen atoms in total. The second-order valence-electron chi connectivity index (χ2n) is 5.05. The van der Waals surface area contributed by atoms with Gasteiger partial charge in [0.25, 0.3) is 12.3 Å². The van der Waals surface area contributed by atoms with Gasteiger partial charge in [0, 0.05) is 25.2 Å². The van der Waals surface area contributed by atoms with Gasteiger partial charge in [0.1, 0.15) is 5.75 Å². The average Bonchev–Trinajstić information content (AvgIpc) is 2.71. The molecule has 0 spiro atoms. The Hall–Kier alpha value is -1.61. The monoisotopic (exact) mass is 358 g/mol. The van der Waals surface area contributed by atoms with Crippen LogP contribution in [0.1, 0.15) is 34.0 Å². The first-order valence-corrected chi connectivity index (χ1v) is 6.51. The van der Waals surface area contributed by atoms with E-state index in [0.717, 1.165) is 6.07 Å². The summed E-state index contributed by atoms with van der Waals surface area (Å²) in [6.07, 6.45) is -8.02. The number of hydrogen-bond acceptors (Lipinski definition) is 3. The lowest BCUT2D eigenvalue weighted by molar-refractivity contribution is -0.274. The van der Waals surface area contributed by atoms with Crippen LogP contribution in [-0.2, 0) is 0 Å². The molecule has 0 unspecified atom stereocenters. The highest BCUT2D eigenvalue weighted by molar-refractivity contribution is 6.02. The third-order valence-electron chi connectivity index (χ3n) is 3.71. The van der Waals surface area contributed by atoms with Crippen LogP contribution >= 0.6 is 12.4 Å². The molecule has 1 N–H and O–H groups in total. The zero-order valence-corrected chi connectivity index (χ0v) is 12.3. The molecule has 1 aromatic carbocycles. The van der Waals surface area contributed by atoms with Gasteiger partial charge in [-0.25, -0.2) is 8.78 Å². The van der Waals surface area contributed by atoms with Gasteiger partial charge in [-0.05, 0) is 17.7 Å². The molecule has 23 heavy (non-hydrogen) atoms. The van der Waals surface area contributed by atoms with E-state index in [1.807, 2.05) is 0 Å². The van der Waals surface area contributed by atoms with Crippen molar-refractivity contribution >= 4 is 18.3 Å². The summed E-state index contributed by atoms with van der Waals surface area (Å²) in [6.45, 7) is 1.10. The fraction of sp³-hybridized carbons (Fsp3) is 0.462. The van der Waals surface area contributed by atoms with Crippen LogP contribution in [0, 0.1) is 0 Å². The summed E-state index contributed by atoms with van der Waals surface area (Å²) < 4.78 is 67.1. The summed E-state index contributed by atoms with van der Waals surface area (Å²) in [6, 6.07) is 1.12. The second kappa shape index (κ2) is 6.12. The van der Waals surface area contributed by atoms with Crippen LogP contribution in [0.3, 0.4) is 0 Å². The summed E-state index contributed by atoms with van der Waals surface area (Å²) in [5, 5.41) is 2.99. The molecule has 0 aromatic heterocycles.